The molecule has 0 unspecified atom stereocenters. The fourth-order valence-electron chi connectivity index (χ4n) is 3.05. The predicted octanol–water partition coefficient (Wildman–Crippen LogP) is 1.97. The summed E-state index contributed by atoms with van der Waals surface area (Å²) in [6.07, 6.45) is 4.89. The Morgan fingerprint density at radius 1 is 1.46 bits per heavy atom. The molecule has 0 aliphatic carbocycles. The molecule has 1 amide bonds. The first-order valence-electron chi connectivity index (χ1n) is 7.93. The van der Waals surface area contributed by atoms with Crippen molar-refractivity contribution < 1.29 is 23.6 Å². The van der Waals surface area contributed by atoms with Gasteiger partial charge in [0.15, 0.2) is 0 Å². The van der Waals surface area contributed by atoms with Gasteiger partial charge >= 0.3 is 5.97 Å². The summed E-state index contributed by atoms with van der Waals surface area (Å²) in [4.78, 5) is 29.5. The number of likely N-dealkylation sites (tertiary alicyclic amines) is 1. The van der Waals surface area contributed by atoms with E-state index in [0.717, 1.165) is 0 Å². The summed E-state index contributed by atoms with van der Waals surface area (Å²) in [6.45, 7) is 2.38. The van der Waals surface area contributed by atoms with E-state index in [1.807, 2.05) is 0 Å². The van der Waals surface area contributed by atoms with Crippen LogP contribution in [0.4, 0.5) is 0 Å². The van der Waals surface area contributed by atoms with Gasteiger partial charge in [-0.25, -0.2) is 0 Å². The van der Waals surface area contributed by atoms with Crippen molar-refractivity contribution >= 4 is 11.9 Å². The van der Waals surface area contributed by atoms with Crippen LogP contribution in [0.15, 0.2) is 27.5 Å². The number of nitrogens with zero attached hydrogens (tertiary/aromatic N) is 3. The molecule has 2 aromatic rings. The first kappa shape index (κ1) is 16.2. The second-order valence-corrected chi connectivity index (χ2v) is 5.94. The Hall–Kier alpha value is -2.64. The lowest BCUT2D eigenvalue weighted by molar-refractivity contribution is -0.149. The molecule has 1 fully saturated rings. The second-order valence-electron chi connectivity index (χ2n) is 5.94. The Balaban J connectivity index is 1.58. The summed E-state index contributed by atoms with van der Waals surface area (Å²) in [6, 6.07) is 1.43. The third kappa shape index (κ3) is 3.32. The SMILES string of the molecule is C[C@@H]1[C@H](C(=O)O)CCCN1C(=O)CCc1nc(-c2ccoc2)no1. The lowest BCUT2D eigenvalue weighted by Crippen LogP contribution is -2.49. The fourth-order valence-corrected chi connectivity index (χ4v) is 3.05. The smallest absolute Gasteiger partial charge is 0.308 e. The van der Waals surface area contributed by atoms with Crippen LogP contribution in [0.2, 0.25) is 0 Å². The molecule has 0 aromatic carbocycles. The minimum absolute atomic E-state index is 0.0866. The van der Waals surface area contributed by atoms with Crippen molar-refractivity contribution in [3.8, 4) is 11.4 Å². The number of carboxylic acid groups (broad SMARTS) is 1. The van der Waals surface area contributed by atoms with Crippen molar-refractivity contribution in [2.24, 2.45) is 5.92 Å². The van der Waals surface area contributed by atoms with E-state index in [4.69, 9.17) is 8.94 Å². The number of hydrogen-bond donors (Lipinski definition) is 1. The highest BCUT2D eigenvalue weighted by Gasteiger charge is 2.35. The molecule has 2 aromatic heterocycles. The molecule has 0 bridgehead atoms. The average molecular weight is 333 g/mol. The van der Waals surface area contributed by atoms with Crippen LogP contribution in [0.1, 0.15) is 32.1 Å². The van der Waals surface area contributed by atoms with Gasteiger partial charge in [0.2, 0.25) is 17.6 Å². The van der Waals surface area contributed by atoms with E-state index in [9.17, 15) is 14.7 Å². The number of aliphatic carboxylic acids is 1. The summed E-state index contributed by atoms with van der Waals surface area (Å²) in [5, 5.41) is 13.1. The molecular weight excluding hydrogens is 314 g/mol. The summed E-state index contributed by atoms with van der Waals surface area (Å²) in [5.41, 5.74) is 0.713. The maximum atomic E-state index is 12.4. The normalized spacial score (nSPS) is 21.0. The third-order valence-electron chi connectivity index (χ3n) is 4.43. The van der Waals surface area contributed by atoms with Gasteiger partial charge in [0.05, 0.1) is 17.7 Å². The van der Waals surface area contributed by atoms with Gasteiger partial charge < -0.3 is 18.9 Å². The largest absolute Gasteiger partial charge is 0.481 e. The van der Waals surface area contributed by atoms with Gasteiger partial charge in [0, 0.05) is 25.4 Å². The quantitative estimate of drug-likeness (QED) is 0.890. The molecule has 8 nitrogen and oxygen atoms in total. The summed E-state index contributed by atoms with van der Waals surface area (Å²) < 4.78 is 10.1. The third-order valence-corrected chi connectivity index (χ3v) is 4.43. The van der Waals surface area contributed by atoms with Gasteiger partial charge in [0.25, 0.3) is 0 Å². The average Bonchev–Trinajstić information content (AvgIpc) is 3.23. The van der Waals surface area contributed by atoms with Crippen molar-refractivity contribution in [3.05, 3.63) is 24.5 Å². The molecule has 3 rings (SSSR count). The highest BCUT2D eigenvalue weighted by Crippen LogP contribution is 2.24. The van der Waals surface area contributed by atoms with Crippen LogP contribution in [0, 0.1) is 5.92 Å². The predicted molar refractivity (Wildman–Crippen MR) is 81.9 cm³/mol. The number of aryl methyl sites for hydroxylation is 1. The molecule has 24 heavy (non-hydrogen) atoms. The van der Waals surface area contributed by atoms with Gasteiger partial charge in [-0.1, -0.05) is 5.16 Å². The monoisotopic (exact) mass is 333 g/mol. The maximum absolute atomic E-state index is 12.4. The number of carbonyl (C=O) groups excluding carboxylic acids is 1. The molecule has 0 saturated carbocycles. The Morgan fingerprint density at radius 2 is 2.29 bits per heavy atom. The number of aromatic nitrogens is 2. The minimum Gasteiger partial charge on any atom is -0.481 e. The van der Waals surface area contributed by atoms with E-state index in [2.05, 4.69) is 10.1 Å². The zero-order valence-corrected chi connectivity index (χ0v) is 13.3. The Bertz CT molecular complexity index is 709. The molecule has 1 aliphatic heterocycles. The van der Waals surface area contributed by atoms with E-state index in [-0.39, 0.29) is 18.4 Å². The van der Waals surface area contributed by atoms with Crippen LogP contribution in [0.25, 0.3) is 11.4 Å². The number of hydrogen-bond acceptors (Lipinski definition) is 6. The van der Waals surface area contributed by atoms with Crippen LogP contribution < -0.4 is 0 Å². The van der Waals surface area contributed by atoms with Crippen molar-refractivity contribution in [2.45, 2.75) is 38.6 Å². The van der Waals surface area contributed by atoms with Crippen LogP contribution in [-0.2, 0) is 16.0 Å². The molecule has 0 radical (unpaired) electrons. The van der Waals surface area contributed by atoms with E-state index in [0.29, 0.717) is 43.1 Å². The number of carbonyl (C=O) groups is 2. The topological polar surface area (TPSA) is 110 Å². The fraction of sp³-hybridized carbons (Fsp3) is 0.500. The zero-order valence-electron chi connectivity index (χ0n) is 13.3. The molecule has 2 atom stereocenters. The van der Waals surface area contributed by atoms with Crippen molar-refractivity contribution in [1.82, 2.24) is 15.0 Å². The van der Waals surface area contributed by atoms with Gasteiger partial charge in [-0.15, -0.1) is 0 Å². The van der Waals surface area contributed by atoms with Gasteiger partial charge in [-0.05, 0) is 25.8 Å². The highest BCUT2D eigenvalue weighted by molar-refractivity contribution is 5.78. The van der Waals surface area contributed by atoms with Crippen LogP contribution in [0.5, 0.6) is 0 Å². The van der Waals surface area contributed by atoms with Crippen molar-refractivity contribution in [3.63, 3.8) is 0 Å². The first-order chi connectivity index (χ1) is 11.6. The molecule has 8 heteroatoms. The van der Waals surface area contributed by atoms with Crippen molar-refractivity contribution in [2.75, 3.05) is 6.54 Å². The zero-order chi connectivity index (χ0) is 17.1. The van der Waals surface area contributed by atoms with E-state index in [1.54, 1.807) is 17.9 Å². The lowest BCUT2D eigenvalue weighted by Gasteiger charge is -2.37. The minimum atomic E-state index is -0.846. The van der Waals surface area contributed by atoms with Gasteiger partial charge in [-0.2, -0.15) is 4.98 Å². The van der Waals surface area contributed by atoms with Gasteiger partial charge in [-0.3, -0.25) is 9.59 Å². The molecule has 128 valence electrons. The van der Waals surface area contributed by atoms with Crippen LogP contribution in [0.3, 0.4) is 0 Å². The number of amides is 1. The molecule has 1 aliphatic rings. The summed E-state index contributed by atoms with van der Waals surface area (Å²) in [5.74, 6) is -0.639. The summed E-state index contributed by atoms with van der Waals surface area (Å²) >= 11 is 0. The number of rotatable bonds is 5. The van der Waals surface area contributed by atoms with Crippen molar-refractivity contribution in [1.29, 1.82) is 0 Å². The molecule has 0 spiro atoms. The van der Waals surface area contributed by atoms with E-state index >= 15 is 0 Å². The second kappa shape index (κ2) is 6.86. The molecule has 1 saturated heterocycles. The molecular formula is C16H19N3O5. The highest BCUT2D eigenvalue weighted by atomic mass is 16.5. The number of carboxylic acids is 1. The Kier molecular flexibility index (Phi) is 4.64. The maximum Gasteiger partial charge on any atom is 0.308 e. The molecule has 1 N–H and O–H groups in total. The number of furan rings is 1. The lowest BCUT2D eigenvalue weighted by atomic mass is 9.90. The molecule has 3 heterocycles. The summed E-state index contributed by atoms with van der Waals surface area (Å²) in [7, 11) is 0. The standard InChI is InChI=1S/C16H19N3O5/c1-10-12(16(21)22)3-2-7-19(10)14(20)5-4-13-17-15(18-24-13)11-6-8-23-9-11/h6,8-10,12H,2-5,7H2,1H3,(H,21,22)/t10-,12-/m1/s1. The van der Waals surface area contributed by atoms with E-state index < -0.39 is 11.9 Å². The Morgan fingerprint density at radius 3 is 3.00 bits per heavy atom. The number of piperidine rings is 1. The first-order valence-corrected chi connectivity index (χ1v) is 7.93. The van der Waals surface area contributed by atoms with Crippen LogP contribution >= 0.6 is 0 Å². The van der Waals surface area contributed by atoms with Gasteiger partial charge in [0.1, 0.15) is 6.26 Å². The Labute approximate surface area is 138 Å². The van der Waals surface area contributed by atoms with Crippen LogP contribution in [-0.4, -0.2) is 44.6 Å². The van der Waals surface area contributed by atoms with E-state index in [1.165, 1.54) is 12.5 Å².